The summed E-state index contributed by atoms with van der Waals surface area (Å²) in [5, 5.41) is 7.34. The molecule has 0 fully saturated rings. The molecule has 0 aliphatic heterocycles. The van der Waals surface area contributed by atoms with Crippen LogP contribution in [0, 0.1) is 5.82 Å². The number of H-pyrrole nitrogens is 1. The number of rotatable bonds is 3. The molecule has 0 atom stereocenters. The zero-order valence-corrected chi connectivity index (χ0v) is 9.66. The molecule has 0 aliphatic carbocycles. The first-order chi connectivity index (χ1) is 8.06. The lowest BCUT2D eigenvalue weighted by Gasteiger charge is -2.06. The van der Waals surface area contributed by atoms with Gasteiger partial charge in [0.05, 0.1) is 23.7 Å². The Morgan fingerprint density at radius 2 is 2.29 bits per heavy atom. The monoisotopic (exact) mass is 236 g/mol. The first kappa shape index (κ1) is 11.6. The Morgan fingerprint density at radius 3 is 3.00 bits per heavy atom. The number of benzene rings is 1. The number of halogens is 1. The fraction of sp³-hybridized carbons (Fsp3) is 0.333. The number of nitrogens with zero attached hydrogens (tertiary/aromatic N) is 1. The Hall–Kier alpha value is -1.91. The predicted molar refractivity (Wildman–Crippen MR) is 61.0 cm³/mol. The quantitative estimate of drug-likeness (QED) is 0.831. The number of esters is 1. The third-order valence-corrected chi connectivity index (χ3v) is 2.28. The zero-order chi connectivity index (χ0) is 12.4. The molecule has 0 saturated heterocycles. The van der Waals surface area contributed by atoms with E-state index in [1.807, 2.05) is 0 Å². The molecule has 2 aromatic rings. The molecular formula is C12H13FN2O2. The number of nitrogens with one attached hydrogen (secondary N) is 1. The number of carbonyl (C=O) groups is 1. The van der Waals surface area contributed by atoms with Crippen LogP contribution < -0.4 is 0 Å². The third-order valence-electron chi connectivity index (χ3n) is 2.28. The Bertz CT molecular complexity index is 548. The molecule has 1 aromatic heterocycles. The molecule has 0 amide bonds. The largest absolute Gasteiger partial charge is 0.463 e. The summed E-state index contributed by atoms with van der Waals surface area (Å²) in [6.45, 7) is 3.56. The predicted octanol–water partition coefficient (Wildman–Crippen LogP) is 2.20. The molecule has 0 bridgehead atoms. The maximum Gasteiger partial charge on any atom is 0.312 e. The number of aromatic nitrogens is 2. The highest BCUT2D eigenvalue weighted by molar-refractivity contribution is 5.85. The van der Waals surface area contributed by atoms with E-state index in [0.29, 0.717) is 16.6 Å². The molecule has 1 heterocycles. The fourth-order valence-electron chi connectivity index (χ4n) is 1.62. The summed E-state index contributed by atoms with van der Waals surface area (Å²) in [6.07, 6.45) is -0.0913. The van der Waals surface area contributed by atoms with E-state index < -0.39 is 0 Å². The van der Waals surface area contributed by atoms with Crippen molar-refractivity contribution in [2.24, 2.45) is 0 Å². The summed E-state index contributed by atoms with van der Waals surface area (Å²) in [6, 6.07) is 4.26. The Kier molecular flexibility index (Phi) is 3.08. The number of carbonyl (C=O) groups excluding carboxylic acids is 1. The van der Waals surface area contributed by atoms with Crippen LogP contribution in [-0.4, -0.2) is 22.3 Å². The lowest BCUT2D eigenvalue weighted by Crippen LogP contribution is -2.13. The van der Waals surface area contributed by atoms with Gasteiger partial charge < -0.3 is 4.74 Å². The minimum atomic E-state index is -0.352. The summed E-state index contributed by atoms with van der Waals surface area (Å²) in [4.78, 5) is 11.5. The fourth-order valence-corrected chi connectivity index (χ4v) is 1.62. The minimum Gasteiger partial charge on any atom is -0.463 e. The van der Waals surface area contributed by atoms with Gasteiger partial charge in [0.1, 0.15) is 5.82 Å². The van der Waals surface area contributed by atoms with Crippen molar-refractivity contribution in [3.05, 3.63) is 29.7 Å². The summed E-state index contributed by atoms with van der Waals surface area (Å²) in [5.74, 6) is -0.702. The number of ether oxygens (including phenoxy) is 1. The van der Waals surface area contributed by atoms with Crippen molar-refractivity contribution in [2.45, 2.75) is 26.4 Å². The van der Waals surface area contributed by atoms with Crippen LogP contribution in [-0.2, 0) is 16.0 Å². The van der Waals surface area contributed by atoms with Crippen LogP contribution in [0.1, 0.15) is 19.5 Å². The van der Waals surface area contributed by atoms with Gasteiger partial charge in [0.2, 0.25) is 0 Å². The SMILES string of the molecule is CC(C)OC(=O)Cc1[nH]nc2ccc(F)cc12. The summed E-state index contributed by atoms with van der Waals surface area (Å²) in [5.41, 5.74) is 1.21. The summed E-state index contributed by atoms with van der Waals surface area (Å²) in [7, 11) is 0. The minimum absolute atomic E-state index is 0.0676. The van der Waals surface area contributed by atoms with Crippen molar-refractivity contribution in [1.82, 2.24) is 10.2 Å². The number of hydrogen-bond acceptors (Lipinski definition) is 3. The van der Waals surface area contributed by atoms with E-state index in [0.717, 1.165) is 0 Å². The molecule has 1 aromatic carbocycles. The van der Waals surface area contributed by atoms with Crippen molar-refractivity contribution in [3.8, 4) is 0 Å². The molecule has 0 unspecified atom stereocenters. The van der Waals surface area contributed by atoms with Gasteiger partial charge >= 0.3 is 5.97 Å². The van der Waals surface area contributed by atoms with Gasteiger partial charge in [-0.05, 0) is 32.0 Å². The molecule has 0 radical (unpaired) electrons. The number of fused-ring (bicyclic) bond motifs is 1. The topological polar surface area (TPSA) is 55.0 Å². The van der Waals surface area contributed by atoms with Gasteiger partial charge in [0.25, 0.3) is 0 Å². The Morgan fingerprint density at radius 1 is 1.53 bits per heavy atom. The summed E-state index contributed by atoms with van der Waals surface area (Å²) < 4.78 is 18.1. The van der Waals surface area contributed by atoms with E-state index in [1.165, 1.54) is 12.1 Å². The maximum atomic E-state index is 13.1. The second-order valence-corrected chi connectivity index (χ2v) is 4.08. The van der Waals surface area contributed by atoms with Crippen molar-refractivity contribution in [3.63, 3.8) is 0 Å². The molecule has 5 heteroatoms. The van der Waals surface area contributed by atoms with E-state index >= 15 is 0 Å². The maximum absolute atomic E-state index is 13.1. The molecule has 90 valence electrons. The highest BCUT2D eigenvalue weighted by Gasteiger charge is 2.12. The van der Waals surface area contributed by atoms with Crippen molar-refractivity contribution in [2.75, 3.05) is 0 Å². The van der Waals surface area contributed by atoms with Gasteiger partial charge in [0, 0.05) is 5.39 Å². The molecule has 0 spiro atoms. The van der Waals surface area contributed by atoms with Crippen molar-refractivity contribution in [1.29, 1.82) is 0 Å². The van der Waals surface area contributed by atoms with Gasteiger partial charge in [-0.15, -0.1) is 0 Å². The van der Waals surface area contributed by atoms with E-state index in [4.69, 9.17) is 4.74 Å². The molecule has 4 nitrogen and oxygen atoms in total. The highest BCUT2D eigenvalue weighted by atomic mass is 19.1. The van der Waals surface area contributed by atoms with Gasteiger partial charge in [-0.3, -0.25) is 9.89 Å². The van der Waals surface area contributed by atoms with Gasteiger partial charge in [-0.25, -0.2) is 4.39 Å². The Labute approximate surface area is 97.8 Å². The molecule has 1 N–H and O–H groups in total. The van der Waals surface area contributed by atoms with Crippen LogP contribution in [0.2, 0.25) is 0 Å². The van der Waals surface area contributed by atoms with E-state index in [-0.39, 0.29) is 24.3 Å². The normalized spacial score (nSPS) is 11.1. The average Bonchev–Trinajstić information content (AvgIpc) is 2.60. The third kappa shape index (κ3) is 2.61. The van der Waals surface area contributed by atoms with Crippen molar-refractivity contribution >= 4 is 16.9 Å². The molecule has 17 heavy (non-hydrogen) atoms. The van der Waals surface area contributed by atoms with Crippen molar-refractivity contribution < 1.29 is 13.9 Å². The first-order valence-electron chi connectivity index (χ1n) is 5.38. The van der Waals surface area contributed by atoms with Crippen LogP contribution >= 0.6 is 0 Å². The smallest absolute Gasteiger partial charge is 0.312 e. The van der Waals surface area contributed by atoms with Gasteiger partial charge in [0.15, 0.2) is 0 Å². The first-order valence-corrected chi connectivity index (χ1v) is 5.38. The molecule has 0 saturated carbocycles. The zero-order valence-electron chi connectivity index (χ0n) is 9.66. The van der Waals surface area contributed by atoms with Crippen LogP contribution in [0.25, 0.3) is 10.9 Å². The number of hydrogen-bond donors (Lipinski definition) is 1. The molecule has 2 rings (SSSR count). The molecule has 0 aliphatic rings. The summed E-state index contributed by atoms with van der Waals surface area (Å²) >= 11 is 0. The molecular weight excluding hydrogens is 223 g/mol. The average molecular weight is 236 g/mol. The highest BCUT2D eigenvalue weighted by Crippen LogP contribution is 2.17. The second-order valence-electron chi connectivity index (χ2n) is 4.08. The van der Waals surface area contributed by atoms with E-state index in [2.05, 4.69) is 10.2 Å². The van der Waals surface area contributed by atoms with E-state index in [9.17, 15) is 9.18 Å². The van der Waals surface area contributed by atoms with Gasteiger partial charge in [-0.2, -0.15) is 5.10 Å². The van der Waals surface area contributed by atoms with Crippen LogP contribution in [0.4, 0.5) is 4.39 Å². The van der Waals surface area contributed by atoms with Crippen LogP contribution in [0.3, 0.4) is 0 Å². The van der Waals surface area contributed by atoms with E-state index in [1.54, 1.807) is 19.9 Å². The Balaban J connectivity index is 2.24. The number of aromatic amines is 1. The standard InChI is InChI=1S/C12H13FN2O2/c1-7(2)17-12(16)6-11-9-5-8(13)3-4-10(9)14-15-11/h3-5,7H,6H2,1-2H3,(H,14,15). The lowest BCUT2D eigenvalue weighted by molar-refractivity contribution is -0.146. The van der Waals surface area contributed by atoms with Crippen LogP contribution in [0.15, 0.2) is 18.2 Å². The lowest BCUT2D eigenvalue weighted by atomic mass is 10.1. The van der Waals surface area contributed by atoms with Crippen LogP contribution in [0.5, 0.6) is 0 Å². The van der Waals surface area contributed by atoms with Gasteiger partial charge in [-0.1, -0.05) is 0 Å². The second kappa shape index (κ2) is 4.53.